The zero-order valence-corrected chi connectivity index (χ0v) is 17.0. The number of amides is 3. The van der Waals surface area contributed by atoms with Crippen LogP contribution in [0.3, 0.4) is 0 Å². The average Bonchev–Trinajstić information content (AvgIpc) is 3.24. The second-order valence-corrected chi connectivity index (χ2v) is 7.43. The second kappa shape index (κ2) is 9.88. The molecule has 1 aliphatic rings. The number of carbonyl (C=O) groups excluding carboxylic acids is 3. The third kappa shape index (κ3) is 5.91. The smallest absolute Gasteiger partial charge is 0.374 e. The van der Waals surface area contributed by atoms with Crippen LogP contribution in [0, 0.1) is 16.0 Å². The average molecular weight is 429 g/mol. The summed E-state index contributed by atoms with van der Waals surface area (Å²) in [7, 11) is 0. The summed E-state index contributed by atoms with van der Waals surface area (Å²) in [5.74, 6) is -1.11. The first-order chi connectivity index (χ1) is 14.8. The van der Waals surface area contributed by atoms with Gasteiger partial charge in [0.05, 0.1) is 4.92 Å². The number of imide groups is 1. The zero-order valence-electron chi connectivity index (χ0n) is 17.0. The predicted molar refractivity (Wildman–Crippen MR) is 109 cm³/mol. The van der Waals surface area contributed by atoms with E-state index in [2.05, 4.69) is 17.6 Å². The molecular weight excluding hydrogens is 406 g/mol. The van der Waals surface area contributed by atoms with Gasteiger partial charge in [0.25, 0.3) is 11.6 Å². The van der Waals surface area contributed by atoms with E-state index in [0.717, 1.165) is 25.7 Å². The monoisotopic (exact) mass is 429 g/mol. The lowest BCUT2D eigenvalue weighted by Gasteiger charge is -2.29. The topological polar surface area (TPSA) is 141 Å². The number of urea groups is 1. The van der Waals surface area contributed by atoms with Crippen LogP contribution in [0.1, 0.15) is 43.2 Å². The number of nitrogens with one attached hydrogen (secondary N) is 2. The minimum atomic E-state index is -0.871. The van der Waals surface area contributed by atoms with Gasteiger partial charge in [0.15, 0.2) is 6.61 Å². The molecule has 2 aromatic rings. The Morgan fingerprint density at radius 2 is 1.84 bits per heavy atom. The fourth-order valence-electron chi connectivity index (χ4n) is 3.45. The van der Waals surface area contributed by atoms with Gasteiger partial charge in [0.1, 0.15) is 5.76 Å². The maximum Gasteiger partial charge on any atom is 0.374 e. The molecule has 3 amide bonds. The van der Waals surface area contributed by atoms with Gasteiger partial charge in [-0.2, -0.15) is 0 Å². The number of nitro groups is 1. The van der Waals surface area contributed by atoms with Gasteiger partial charge in [-0.1, -0.05) is 19.8 Å². The van der Waals surface area contributed by atoms with E-state index in [1.54, 1.807) is 0 Å². The molecule has 164 valence electrons. The van der Waals surface area contributed by atoms with Crippen molar-refractivity contribution in [3.63, 3.8) is 0 Å². The Bertz CT molecular complexity index is 968. The van der Waals surface area contributed by atoms with Gasteiger partial charge in [0.2, 0.25) is 5.76 Å². The fourth-order valence-corrected chi connectivity index (χ4v) is 3.45. The zero-order chi connectivity index (χ0) is 22.4. The number of benzene rings is 1. The first-order valence-electron chi connectivity index (χ1n) is 9.95. The predicted octanol–water partition coefficient (Wildman–Crippen LogP) is 3.42. The standard InChI is InChI=1S/C21H23N3O7/c1-13-4-2-3-5-16(13)22-21(27)23-19(25)12-30-20(26)18-11-10-17(31-18)14-6-8-15(9-7-14)24(28)29/h6-11,13,16H,2-5,12H2,1H3,(H2,22,23,25,27). The summed E-state index contributed by atoms with van der Waals surface area (Å²) in [4.78, 5) is 46.1. The molecule has 2 N–H and O–H groups in total. The quantitative estimate of drug-likeness (QED) is 0.407. The molecular formula is C21H23N3O7. The van der Waals surface area contributed by atoms with Crippen molar-refractivity contribution in [1.82, 2.24) is 10.6 Å². The first kappa shape index (κ1) is 22.0. The molecule has 1 aliphatic carbocycles. The highest BCUT2D eigenvalue weighted by Crippen LogP contribution is 2.25. The molecule has 1 aromatic heterocycles. The van der Waals surface area contributed by atoms with Crippen molar-refractivity contribution in [3.8, 4) is 11.3 Å². The Morgan fingerprint density at radius 3 is 2.52 bits per heavy atom. The van der Waals surface area contributed by atoms with Crippen LogP contribution in [0.15, 0.2) is 40.8 Å². The highest BCUT2D eigenvalue weighted by atomic mass is 16.6. The van der Waals surface area contributed by atoms with E-state index >= 15 is 0 Å². The van der Waals surface area contributed by atoms with Crippen molar-refractivity contribution in [1.29, 1.82) is 0 Å². The van der Waals surface area contributed by atoms with Gasteiger partial charge in [0, 0.05) is 23.7 Å². The molecule has 3 rings (SSSR count). The van der Waals surface area contributed by atoms with E-state index in [0.29, 0.717) is 17.2 Å². The molecule has 0 saturated heterocycles. The molecule has 31 heavy (non-hydrogen) atoms. The third-order valence-corrected chi connectivity index (χ3v) is 5.19. The van der Waals surface area contributed by atoms with Gasteiger partial charge in [-0.25, -0.2) is 9.59 Å². The number of carbonyl (C=O) groups is 3. The summed E-state index contributed by atoms with van der Waals surface area (Å²) in [6.07, 6.45) is 4.06. The number of nitro benzene ring substituents is 1. The van der Waals surface area contributed by atoms with Gasteiger partial charge in [-0.3, -0.25) is 20.2 Å². The van der Waals surface area contributed by atoms with E-state index in [4.69, 9.17) is 9.15 Å². The minimum absolute atomic E-state index is 0.0186. The molecule has 1 aromatic carbocycles. The van der Waals surface area contributed by atoms with Crippen LogP contribution in [0.4, 0.5) is 10.5 Å². The Morgan fingerprint density at radius 1 is 1.13 bits per heavy atom. The Kier molecular flexibility index (Phi) is 7.01. The molecule has 2 unspecified atom stereocenters. The summed E-state index contributed by atoms with van der Waals surface area (Å²) in [6, 6.07) is 7.91. The molecule has 0 spiro atoms. The third-order valence-electron chi connectivity index (χ3n) is 5.19. The molecule has 1 fully saturated rings. The van der Waals surface area contributed by atoms with Gasteiger partial charge in [-0.15, -0.1) is 0 Å². The molecule has 1 saturated carbocycles. The number of hydrogen-bond donors (Lipinski definition) is 2. The lowest BCUT2D eigenvalue weighted by Crippen LogP contribution is -2.48. The van der Waals surface area contributed by atoms with Crippen molar-refractivity contribution in [2.75, 3.05) is 6.61 Å². The van der Waals surface area contributed by atoms with E-state index in [9.17, 15) is 24.5 Å². The second-order valence-electron chi connectivity index (χ2n) is 7.43. The Hall–Kier alpha value is -3.69. The van der Waals surface area contributed by atoms with Crippen molar-refractivity contribution >= 4 is 23.6 Å². The Labute approximate surface area is 178 Å². The van der Waals surface area contributed by atoms with Crippen LogP contribution >= 0.6 is 0 Å². The summed E-state index contributed by atoms with van der Waals surface area (Å²) in [6.45, 7) is 1.42. The lowest BCUT2D eigenvalue weighted by atomic mass is 9.86. The SMILES string of the molecule is CC1CCCCC1NC(=O)NC(=O)COC(=O)c1ccc(-c2ccc([N+](=O)[O-])cc2)o1. The fraction of sp³-hybridized carbons (Fsp3) is 0.381. The van der Waals surface area contributed by atoms with Gasteiger partial charge in [-0.05, 0) is 43.0 Å². The van der Waals surface area contributed by atoms with Crippen molar-refractivity contribution in [3.05, 3.63) is 52.3 Å². The molecule has 1 heterocycles. The number of non-ortho nitro benzene ring substituents is 1. The van der Waals surface area contributed by atoms with Crippen molar-refractivity contribution in [2.45, 2.75) is 38.6 Å². The number of ether oxygens (including phenoxy) is 1. The van der Waals surface area contributed by atoms with Crippen LogP contribution in [-0.4, -0.2) is 35.5 Å². The highest BCUT2D eigenvalue weighted by Gasteiger charge is 2.24. The largest absolute Gasteiger partial charge is 0.450 e. The maximum absolute atomic E-state index is 12.1. The van der Waals surface area contributed by atoms with Crippen LogP contribution < -0.4 is 10.6 Å². The van der Waals surface area contributed by atoms with Crippen molar-refractivity contribution < 1.29 is 28.5 Å². The number of nitrogens with zero attached hydrogens (tertiary/aromatic N) is 1. The van der Waals surface area contributed by atoms with Crippen molar-refractivity contribution in [2.24, 2.45) is 5.92 Å². The van der Waals surface area contributed by atoms with Gasteiger partial charge >= 0.3 is 12.0 Å². The number of esters is 1. The molecule has 10 nitrogen and oxygen atoms in total. The normalized spacial score (nSPS) is 18.1. The number of rotatable bonds is 6. The lowest BCUT2D eigenvalue weighted by molar-refractivity contribution is -0.384. The summed E-state index contributed by atoms with van der Waals surface area (Å²) < 4.78 is 10.3. The molecule has 10 heteroatoms. The maximum atomic E-state index is 12.1. The van der Waals surface area contributed by atoms with E-state index < -0.39 is 29.4 Å². The van der Waals surface area contributed by atoms with Crippen LogP contribution in [0.5, 0.6) is 0 Å². The van der Waals surface area contributed by atoms with Crippen LogP contribution in [0.25, 0.3) is 11.3 Å². The van der Waals surface area contributed by atoms with Crippen LogP contribution in [0.2, 0.25) is 0 Å². The molecule has 0 radical (unpaired) electrons. The molecule has 2 atom stereocenters. The van der Waals surface area contributed by atoms with E-state index in [1.807, 2.05) is 0 Å². The van der Waals surface area contributed by atoms with E-state index in [1.165, 1.54) is 36.4 Å². The number of hydrogen-bond acceptors (Lipinski definition) is 7. The first-order valence-corrected chi connectivity index (χ1v) is 9.95. The minimum Gasteiger partial charge on any atom is -0.450 e. The molecule has 0 aliphatic heterocycles. The highest BCUT2D eigenvalue weighted by molar-refractivity contribution is 5.96. The summed E-state index contributed by atoms with van der Waals surface area (Å²) >= 11 is 0. The Balaban J connectivity index is 1.47. The summed E-state index contributed by atoms with van der Waals surface area (Å²) in [5.41, 5.74) is 0.471. The van der Waals surface area contributed by atoms with Gasteiger partial charge < -0.3 is 14.5 Å². The van der Waals surface area contributed by atoms with E-state index in [-0.39, 0.29) is 17.5 Å². The summed E-state index contributed by atoms with van der Waals surface area (Å²) in [5, 5.41) is 15.6. The number of furan rings is 1. The van der Waals surface area contributed by atoms with Crippen LogP contribution in [-0.2, 0) is 9.53 Å². The molecule has 0 bridgehead atoms.